The number of carbonyl (C=O) groups is 3. The summed E-state index contributed by atoms with van der Waals surface area (Å²) in [4.78, 5) is 56.2. The van der Waals surface area contributed by atoms with Crippen molar-refractivity contribution in [1.82, 2.24) is 10.3 Å². The van der Waals surface area contributed by atoms with Gasteiger partial charge < -0.3 is 5.11 Å². The van der Waals surface area contributed by atoms with Crippen LogP contribution in [0.25, 0.3) is 0 Å². The number of nitrogens with zero attached hydrogens (tertiary/aromatic N) is 3. The first-order valence-corrected chi connectivity index (χ1v) is 10.9. The lowest BCUT2D eigenvalue weighted by Gasteiger charge is -2.31. The van der Waals surface area contributed by atoms with Crippen LogP contribution in [0.4, 0.5) is 11.4 Å². The highest BCUT2D eigenvalue weighted by Crippen LogP contribution is 2.50. The molecule has 2 saturated heterocycles. The third-order valence-electron chi connectivity index (χ3n) is 6.67. The molecule has 2 amide bonds. The Labute approximate surface area is 199 Å². The number of hydrogen-bond acceptors (Lipinski definition) is 7. The minimum atomic E-state index is -1.80. The summed E-state index contributed by atoms with van der Waals surface area (Å²) < 4.78 is 0. The molecule has 1 aromatic heterocycles. The van der Waals surface area contributed by atoms with Crippen molar-refractivity contribution in [3.8, 4) is 0 Å². The minimum absolute atomic E-state index is 0.0300. The van der Waals surface area contributed by atoms with E-state index in [1.54, 1.807) is 48.5 Å². The molecule has 0 spiro atoms. The molecule has 5 rings (SSSR count). The first-order chi connectivity index (χ1) is 16.8. The van der Waals surface area contributed by atoms with Crippen LogP contribution in [0.1, 0.15) is 17.3 Å². The molecule has 176 valence electrons. The number of pyridine rings is 1. The summed E-state index contributed by atoms with van der Waals surface area (Å²) in [5, 5.41) is 24.8. The molecule has 4 atom stereocenters. The van der Waals surface area contributed by atoms with Gasteiger partial charge in [0.25, 0.3) is 5.69 Å². The Morgan fingerprint density at radius 2 is 1.80 bits per heavy atom. The molecule has 0 bridgehead atoms. The molecular weight excluding hydrogens is 452 g/mol. The molecule has 3 aromatic rings. The van der Waals surface area contributed by atoms with E-state index in [1.807, 2.05) is 0 Å². The fourth-order valence-corrected chi connectivity index (χ4v) is 5.17. The van der Waals surface area contributed by atoms with Crippen molar-refractivity contribution in [2.75, 3.05) is 4.90 Å². The number of nitrogens with one attached hydrogen (secondary N) is 1. The zero-order valence-electron chi connectivity index (χ0n) is 18.3. The van der Waals surface area contributed by atoms with Gasteiger partial charge in [0.05, 0.1) is 34.2 Å². The Bertz CT molecular complexity index is 1330. The summed E-state index contributed by atoms with van der Waals surface area (Å²) in [7, 11) is 0. The molecule has 2 aliphatic rings. The Hall–Kier alpha value is -4.44. The first-order valence-electron chi connectivity index (χ1n) is 10.9. The van der Waals surface area contributed by atoms with E-state index >= 15 is 0 Å². The Balaban J connectivity index is 1.65. The number of hydrogen-bond donors (Lipinski definition) is 2. The summed E-state index contributed by atoms with van der Waals surface area (Å²) in [5.74, 6) is -4.92. The van der Waals surface area contributed by atoms with Gasteiger partial charge in [-0.3, -0.25) is 34.8 Å². The van der Waals surface area contributed by atoms with Gasteiger partial charge in [-0.2, -0.15) is 0 Å². The van der Waals surface area contributed by atoms with Crippen LogP contribution in [-0.2, 0) is 20.8 Å². The highest BCUT2D eigenvalue weighted by atomic mass is 16.6. The Morgan fingerprint density at radius 1 is 1.06 bits per heavy atom. The van der Waals surface area contributed by atoms with Crippen molar-refractivity contribution < 1.29 is 24.4 Å². The smallest absolute Gasteiger partial charge is 0.325 e. The SMILES string of the molecule is O=C1C2C(c3ccccn3)NC(Cc3ccccc3)(C(=O)O)C2C(=O)N1c1cccc([N+](=O)[O-])c1. The van der Waals surface area contributed by atoms with E-state index in [2.05, 4.69) is 10.3 Å². The highest BCUT2D eigenvalue weighted by molar-refractivity contribution is 6.24. The number of aromatic nitrogens is 1. The molecule has 10 nitrogen and oxygen atoms in total. The van der Waals surface area contributed by atoms with Crippen molar-refractivity contribution in [1.29, 1.82) is 0 Å². The van der Waals surface area contributed by atoms with Crippen LogP contribution >= 0.6 is 0 Å². The van der Waals surface area contributed by atoms with Crippen molar-refractivity contribution in [2.45, 2.75) is 18.0 Å². The van der Waals surface area contributed by atoms with Crippen LogP contribution < -0.4 is 10.2 Å². The number of imide groups is 1. The second-order valence-corrected chi connectivity index (χ2v) is 8.61. The molecular formula is C25H20N4O6. The lowest BCUT2D eigenvalue weighted by molar-refractivity contribution is -0.384. The number of aliphatic carboxylic acids is 1. The zero-order valence-corrected chi connectivity index (χ0v) is 18.3. The molecule has 4 unspecified atom stereocenters. The van der Waals surface area contributed by atoms with E-state index in [0.717, 1.165) is 11.0 Å². The topological polar surface area (TPSA) is 143 Å². The summed E-state index contributed by atoms with van der Waals surface area (Å²) in [5.41, 5.74) is -0.940. The van der Waals surface area contributed by atoms with Gasteiger partial charge in [0.15, 0.2) is 0 Å². The number of fused-ring (bicyclic) bond motifs is 1. The van der Waals surface area contributed by atoms with Gasteiger partial charge in [0, 0.05) is 24.8 Å². The normalized spacial score (nSPS) is 25.5. The quantitative estimate of drug-likeness (QED) is 0.317. The number of benzene rings is 2. The van der Waals surface area contributed by atoms with E-state index in [4.69, 9.17) is 0 Å². The number of anilines is 1. The summed E-state index contributed by atoms with van der Waals surface area (Å²) in [6.07, 6.45) is 1.49. The second-order valence-electron chi connectivity index (χ2n) is 8.61. The molecule has 3 heterocycles. The predicted molar refractivity (Wildman–Crippen MR) is 123 cm³/mol. The number of carbonyl (C=O) groups excluding carboxylic acids is 2. The van der Waals surface area contributed by atoms with Crippen LogP contribution in [0.15, 0.2) is 79.0 Å². The van der Waals surface area contributed by atoms with E-state index < -0.39 is 46.1 Å². The molecule has 2 aromatic carbocycles. The maximum atomic E-state index is 13.8. The van der Waals surface area contributed by atoms with E-state index in [9.17, 15) is 29.6 Å². The van der Waals surface area contributed by atoms with Crippen LogP contribution in [0.2, 0.25) is 0 Å². The van der Waals surface area contributed by atoms with Gasteiger partial charge in [-0.15, -0.1) is 0 Å². The number of carboxylic acid groups (broad SMARTS) is 1. The molecule has 10 heteroatoms. The van der Waals surface area contributed by atoms with E-state index in [-0.39, 0.29) is 17.8 Å². The molecule has 2 aliphatic heterocycles. The first kappa shape index (κ1) is 22.4. The summed E-state index contributed by atoms with van der Waals surface area (Å²) in [6, 6.07) is 18.3. The lowest BCUT2D eigenvalue weighted by Crippen LogP contribution is -2.57. The number of rotatable bonds is 6. The minimum Gasteiger partial charge on any atom is -0.480 e. The summed E-state index contributed by atoms with van der Waals surface area (Å²) >= 11 is 0. The third-order valence-corrected chi connectivity index (χ3v) is 6.67. The maximum absolute atomic E-state index is 13.8. The highest BCUT2D eigenvalue weighted by Gasteiger charge is 2.69. The van der Waals surface area contributed by atoms with Crippen molar-refractivity contribution in [3.05, 3.63) is 100 Å². The molecule has 0 aliphatic carbocycles. The fraction of sp³-hybridized carbons (Fsp3) is 0.200. The van der Waals surface area contributed by atoms with Gasteiger partial charge in [-0.1, -0.05) is 42.5 Å². The fourth-order valence-electron chi connectivity index (χ4n) is 5.17. The van der Waals surface area contributed by atoms with Gasteiger partial charge in [-0.05, 0) is 23.8 Å². The van der Waals surface area contributed by atoms with Crippen molar-refractivity contribution in [3.63, 3.8) is 0 Å². The van der Waals surface area contributed by atoms with Crippen molar-refractivity contribution in [2.24, 2.45) is 11.8 Å². The average Bonchev–Trinajstić information content (AvgIpc) is 3.34. The van der Waals surface area contributed by atoms with Gasteiger partial charge >= 0.3 is 5.97 Å². The van der Waals surface area contributed by atoms with Crippen LogP contribution in [0, 0.1) is 22.0 Å². The Kier molecular flexibility index (Phi) is 5.37. The largest absolute Gasteiger partial charge is 0.480 e. The Morgan fingerprint density at radius 3 is 2.46 bits per heavy atom. The van der Waals surface area contributed by atoms with E-state index in [0.29, 0.717) is 11.3 Å². The van der Waals surface area contributed by atoms with Gasteiger partial charge in [-0.25, -0.2) is 4.90 Å². The van der Waals surface area contributed by atoms with E-state index in [1.165, 1.54) is 24.4 Å². The second kappa shape index (κ2) is 8.41. The lowest BCUT2D eigenvalue weighted by atomic mass is 9.76. The monoisotopic (exact) mass is 472 g/mol. The van der Waals surface area contributed by atoms with Crippen LogP contribution in [0.5, 0.6) is 0 Å². The van der Waals surface area contributed by atoms with Gasteiger partial charge in [0.1, 0.15) is 5.54 Å². The third kappa shape index (κ3) is 3.55. The van der Waals surface area contributed by atoms with Crippen molar-refractivity contribution >= 4 is 29.2 Å². The summed E-state index contributed by atoms with van der Waals surface area (Å²) in [6.45, 7) is 0. The standard InChI is InChI=1S/C25H20N4O6/c30-22-19-20(23(31)28(22)16-9-6-10-17(13-16)29(34)35)25(24(32)33,14-15-7-2-1-3-8-15)27-21(19)18-11-4-5-12-26-18/h1-13,19-21,27H,14H2,(H,32,33). The average molecular weight is 472 g/mol. The number of non-ortho nitro benzene ring substituents is 1. The number of nitro groups is 1. The molecule has 2 N–H and O–H groups in total. The molecule has 0 radical (unpaired) electrons. The van der Waals surface area contributed by atoms with Gasteiger partial charge in [0.2, 0.25) is 11.8 Å². The zero-order chi connectivity index (χ0) is 24.7. The maximum Gasteiger partial charge on any atom is 0.325 e. The predicted octanol–water partition coefficient (Wildman–Crippen LogP) is 2.51. The molecule has 0 saturated carbocycles. The van der Waals surface area contributed by atoms with Crippen LogP contribution in [-0.4, -0.2) is 38.3 Å². The number of amides is 2. The molecule has 35 heavy (non-hydrogen) atoms. The number of nitro benzene ring substituents is 1. The molecule has 2 fully saturated rings. The number of carboxylic acids is 1. The van der Waals surface area contributed by atoms with Crippen LogP contribution in [0.3, 0.4) is 0 Å².